The summed E-state index contributed by atoms with van der Waals surface area (Å²) in [7, 11) is 1.52. The zero-order valence-corrected chi connectivity index (χ0v) is 22.2. The molecule has 168 valence electrons. The van der Waals surface area contributed by atoms with Crippen LogP contribution in [0.25, 0.3) is 6.08 Å². The van der Waals surface area contributed by atoms with Crippen molar-refractivity contribution in [3.05, 3.63) is 50.4 Å². The van der Waals surface area contributed by atoms with E-state index in [2.05, 4.69) is 22.6 Å². The Hall–Kier alpha value is -1.76. The Morgan fingerprint density at radius 2 is 2.09 bits per heavy atom. The molecule has 32 heavy (non-hydrogen) atoms. The second kappa shape index (κ2) is 11.4. The third-order valence-corrected chi connectivity index (χ3v) is 7.12. The molecule has 1 aliphatic heterocycles. The van der Waals surface area contributed by atoms with Gasteiger partial charge in [0.2, 0.25) is 0 Å². The monoisotopic (exact) mass is 601 g/mol. The van der Waals surface area contributed by atoms with E-state index in [0.29, 0.717) is 20.7 Å². The maximum Gasteiger partial charge on any atom is 0.344 e. The van der Waals surface area contributed by atoms with Gasteiger partial charge in [0.15, 0.2) is 22.4 Å². The Balaban J connectivity index is 1.86. The van der Waals surface area contributed by atoms with E-state index in [0.717, 1.165) is 19.7 Å². The topological polar surface area (TPSA) is 65.1 Å². The quantitative estimate of drug-likeness (QED) is 0.132. The van der Waals surface area contributed by atoms with Crippen molar-refractivity contribution in [3.63, 3.8) is 0 Å². The second-order valence-electron chi connectivity index (χ2n) is 6.35. The molecule has 2 aromatic rings. The van der Waals surface area contributed by atoms with Gasteiger partial charge in [0, 0.05) is 4.90 Å². The molecule has 1 fully saturated rings. The van der Waals surface area contributed by atoms with Crippen molar-refractivity contribution in [3.8, 4) is 11.5 Å². The molecule has 0 saturated carbocycles. The lowest BCUT2D eigenvalue weighted by molar-refractivity contribution is -0.145. The highest BCUT2D eigenvalue weighted by Crippen LogP contribution is 2.39. The highest BCUT2D eigenvalue weighted by molar-refractivity contribution is 14.1. The van der Waals surface area contributed by atoms with Crippen molar-refractivity contribution in [2.45, 2.75) is 11.8 Å². The van der Waals surface area contributed by atoms with E-state index in [1.54, 1.807) is 35.7 Å². The lowest BCUT2D eigenvalue weighted by Crippen LogP contribution is -2.27. The Morgan fingerprint density at radius 3 is 2.78 bits per heavy atom. The van der Waals surface area contributed by atoms with E-state index in [4.69, 9.17) is 26.4 Å². The average molecular weight is 602 g/mol. The number of anilines is 1. The maximum atomic E-state index is 13.1. The molecule has 0 aromatic heterocycles. The van der Waals surface area contributed by atoms with Gasteiger partial charge < -0.3 is 14.2 Å². The fourth-order valence-corrected chi connectivity index (χ4v) is 5.42. The highest BCUT2D eigenvalue weighted by Gasteiger charge is 2.33. The molecule has 0 bridgehead atoms. The molecule has 0 unspecified atom stereocenters. The minimum Gasteiger partial charge on any atom is -0.493 e. The predicted molar refractivity (Wildman–Crippen MR) is 142 cm³/mol. The molecule has 6 nitrogen and oxygen atoms in total. The summed E-state index contributed by atoms with van der Waals surface area (Å²) >= 11 is 10.4. The Bertz CT molecular complexity index is 1090. The van der Waals surface area contributed by atoms with Gasteiger partial charge in [0.1, 0.15) is 0 Å². The Kier molecular flexibility index (Phi) is 8.86. The molecule has 3 rings (SSSR count). The third-order valence-electron chi connectivity index (χ3n) is 4.29. The number of methoxy groups -OCH3 is 1. The van der Waals surface area contributed by atoms with Crippen LogP contribution in [0.5, 0.6) is 11.5 Å². The van der Waals surface area contributed by atoms with Crippen LogP contribution < -0.4 is 14.4 Å². The summed E-state index contributed by atoms with van der Waals surface area (Å²) in [5.74, 6) is 0.272. The smallest absolute Gasteiger partial charge is 0.344 e. The van der Waals surface area contributed by atoms with E-state index in [1.807, 2.05) is 36.6 Å². The molecule has 0 atom stereocenters. The second-order valence-corrected chi connectivity index (χ2v) is 10.1. The van der Waals surface area contributed by atoms with Crippen LogP contribution in [0.15, 0.2) is 46.2 Å². The van der Waals surface area contributed by atoms with Gasteiger partial charge in [-0.15, -0.1) is 11.8 Å². The molecule has 1 saturated heterocycles. The summed E-state index contributed by atoms with van der Waals surface area (Å²) in [6.45, 7) is 1.81. The predicted octanol–water partition coefficient (Wildman–Crippen LogP) is 5.37. The number of amides is 1. The molecular weight excluding hydrogens is 581 g/mol. The number of halogens is 1. The van der Waals surface area contributed by atoms with E-state index in [9.17, 15) is 9.59 Å². The number of thioether (sulfide) groups is 2. The highest BCUT2D eigenvalue weighted by atomic mass is 127. The number of hydrogen-bond donors (Lipinski definition) is 0. The maximum absolute atomic E-state index is 13.1. The molecule has 0 spiro atoms. The fourth-order valence-electron chi connectivity index (χ4n) is 2.89. The molecule has 0 radical (unpaired) electrons. The van der Waals surface area contributed by atoms with E-state index in [1.165, 1.54) is 18.9 Å². The van der Waals surface area contributed by atoms with Gasteiger partial charge >= 0.3 is 5.97 Å². The first kappa shape index (κ1) is 24.9. The molecule has 1 amide bonds. The fraction of sp³-hybridized carbons (Fsp3) is 0.227. The van der Waals surface area contributed by atoms with Crippen LogP contribution in [0.1, 0.15) is 12.5 Å². The minimum absolute atomic E-state index is 0.171. The van der Waals surface area contributed by atoms with Crippen molar-refractivity contribution in [1.29, 1.82) is 0 Å². The molecule has 1 heterocycles. The first-order chi connectivity index (χ1) is 15.4. The Labute approximate surface area is 214 Å². The Morgan fingerprint density at radius 1 is 1.31 bits per heavy atom. The molecule has 1 aliphatic rings. The van der Waals surface area contributed by atoms with Crippen LogP contribution in [-0.4, -0.2) is 42.8 Å². The summed E-state index contributed by atoms with van der Waals surface area (Å²) in [6, 6.07) is 11.3. The first-order valence-corrected chi connectivity index (χ1v) is 13.0. The summed E-state index contributed by atoms with van der Waals surface area (Å²) in [5, 5.41) is 0. The van der Waals surface area contributed by atoms with Crippen LogP contribution in [-0.2, 0) is 14.3 Å². The molecule has 10 heteroatoms. The van der Waals surface area contributed by atoms with Crippen LogP contribution in [0, 0.1) is 3.57 Å². The van der Waals surface area contributed by atoms with Gasteiger partial charge in [-0.05, 0) is 77.7 Å². The summed E-state index contributed by atoms with van der Waals surface area (Å²) in [5.41, 5.74) is 1.51. The standard InChI is InChI=1S/C22H20INO5S3/c1-4-28-19(25)12-29-20-16(23)8-13(9-17(20)27-2)10-18-21(26)24(22(30)32-18)14-6-5-7-15(11-14)31-3/h5-11H,4,12H2,1-3H3/b18-10+. The van der Waals surface area contributed by atoms with Gasteiger partial charge in [0.25, 0.3) is 5.91 Å². The zero-order valence-electron chi connectivity index (χ0n) is 17.5. The number of ether oxygens (including phenoxy) is 3. The molecular formula is C22H20INO5S3. The van der Waals surface area contributed by atoms with Crippen molar-refractivity contribution in [2.24, 2.45) is 0 Å². The number of carbonyl (C=O) groups excluding carboxylic acids is 2. The number of esters is 1. The summed E-state index contributed by atoms with van der Waals surface area (Å²) < 4.78 is 17.2. The van der Waals surface area contributed by atoms with Gasteiger partial charge in [0.05, 0.1) is 27.9 Å². The lowest BCUT2D eigenvalue weighted by Gasteiger charge is -2.15. The number of hydrogen-bond acceptors (Lipinski definition) is 8. The minimum atomic E-state index is -0.455. The average Bonchev–Trinajstić information content (AvgIpc) is 3.05. The lowest BCUT2D eigenvalue weighted by atomic mass is 10.1. The first-order valence-electron chi connectivity index (χ1n) is 9.45. The van der Waals surface area contributed by atoms with Crippen LogP contribution in [0.2, 0.25) is 0 Å². The summed E-state index contributed by atoms with van der Waals surface area (Å²) in [4.78, 5) is 27.8. The summed E-state index contributed by atoms with van der Waals surface area (Å²) in [6.07, 6.45) is 3.76. The number of carbonyl (C=O) groups is 2. The third kappa shape index (κ3) is 5.77. The van der Waals surface area contributed by atoms with E-state index >= 15 is 0 Å². The van der Waals surface area contributed by atoms with Crippen LogP contribution in [0.4, 0.5) is 5.69 Å². The van der Waals surface area contributed by atoms with Crippen molar-refractivity contribution < 1.29 is 23.8 Å². The molecule has 0 N–H and O–H groups in total. The largest absolute Gasteiger partial charge is 0.493 e. The van der Waals surface area contributed by atoms with Crippen LogP contribution in [0.3, 0.4) is 0 Å². The van der Waals surface area contributed by atoms with Crippen molar-refractivity contribution in [2.75, 3.05) is 31.5 Å². The van der Waals surface area contributed by atoms with Crippen molar-refractivity contribution in [1.82, 2.24) is 0 Å². The van der Waals surface area contributed by atoms with Crippen molar-refractivity contribution >= 4 is 86.3 Å². The molecule has 2 aromatic carbocycles. The number of thiocarbonyl (C=S) groups is 1. The number of nitrogens with zero attached hydrogens (tertiary/aromatic N) is 1. The van der Waals surface area contributed by atoms with Crippen LogP contribution >= 0.6 is 58.3 Å². The van der Waals surface area contributed by atoms with E-state index in [-0.39, 0.29) is 19.1 Å². The zero-order chi connectivity index (χ0) is 23.3. The number of benzene rings is 2. The molecule has 0 aliphatic carbocycles. The number of rotatable bonds is 8. The van der Waals surface area contributed by atoms with Gasteiger partial charge in [-0.3, -0.25) is 9.69 Å². The van der Waals surface area contributed by atoms with E-state index < -0.39 is 5.97 Å². The SMILES string of the molecule is CCOC(=O)COc1c(I)cc(/C=C2/SC(=S)N(c3cccc(SC)c3)C2=O)cc1OC. The normalized spacial score (nSPS) is 14.8. The van der Waals surface area contributed by atoms with Gasteiger partial charge in [-0.1, -0.05) is 30.0 Å². The van der Waals surface area contributed by atoms with Gasteiger partial charge in [-0.25, -0.2) is 4.79 Å². The van der Waals surface area contributed by atoms with Gasteiger partial charge in [-0.2, -0.15) is 0 Å².